The topological polar surface area (TPSA) is 103 Å². The van der Waals surface area contributed by atoms with Crippen LogP contribution in [0, 0.1) is 5.92 Å². The van der Waals surface area contributed by atoms with Crippen molar-refractivity contribution >= 4 is 10.0 Å². The van der Waals surface area contributed by atoms with E-state index < -0.39 is 16.1 Å². The summed E-state index contributed by atoms with van der Waals surface area (Å²) in [5, 5.41) is 17.8. The van der Waals surface area contributed by atoms with Crippen LogP contribution in [-0.2, 0) is 10.0 Å². The number of hydrogen-bond acceptors (Lipinski definition) is 6. The van der Waals surface area contributed by atoms with E-state index in [2.05, 4.69) is 21.8 Å². The molecule has 1 aromatic heterocycles. The molecular formula is C13H16N4O4S. The van der Waals surface area contributed by atoms with Gasteiger partial charge in [-0.1, -0.05) is 6.92 Å². The van der Waals surface area contributed by atoms with Crippen molar-refractivity contribution < 1.29 is 22.8 Å². The fourth-order valence-electron chi connectivity index (χ4n) is 2.56. The molecular weight excluding hydrogens is 308 g/mol. The van der Waals surface area contributed by atoms with Crippen molar-refractivity contribution in [2.75, 3.05) is 13.1 Å². The molecule has 22 heavy (non-hydrogen) atoms. The van der Waals surface area contributed by atoms with E-state index in [1.165, 1.54) is 28.6 Å². The van der Waals surface area contributed by atoms with Crippen LogP contribution in [0.4, 0.5) is 0 Å². The lowest BCUT2D eigenvalue weighted by Gasteiger charge is -2.29. The fourth-order valence-corrected chi connectivity index (χ4v) is 4.16. The van der Waals surface area contributed by atoms with E-state index in [1.807, 2.05) is 0 Å². The van der Waals surface area contributed by atoms with Crippen LogP contribution < -0.4 is 9.90 Å². The summed E-state index contributed by atoms with van der Waals surface area (Å²) in [5.41, 5.74) is 0.455. The minimum Gasteiger partial charge on any atom is -0.523 e. The Labute approximate surface area is 128 Å². The third kappa shape index (κ3) is 2.81. The number of benzene rings is 1. The molecule has 2 heterocycles. The number of aromatic nitrogens is 3. The Morgan fingerprint density at radius 3 is 2.68 bits per heavy atom. The molecule has 0 radical (unpaired) electrons. The number of rotatable bonds is 3. The standard InChI is InChI=1S/C13H16N4O4S/c1-10-3-2-8-16(9-10)22(19,20)12-6-4-11(5-7-12)17-14-13(18)21-15-17/h4-7,10H,2-3,8-9H2,1H3. The van der Waals surface area contributed by atoms with Gasteiger partial charge in [0.1, 0.15) is 5.27 Å². The average Bonchev–Trinajstić information content (AvgIpc) is 2.94. The van der Waals surface area contributed by atoms with Crippen molar-refractivity contribution in [1.29, 1.82) is 0 Å². The average molecular weight is 324 g/mol. The van der Waals surface area contributed by atoms with Crippen molar-refractivity contribution in [1.82, 2.24) is 14.7 Å². The van der Waals surface area contributed by atoms with Crippen LogP contribution in [-0.4, -0.2) is 36.2 Å². The normalized spacial score (nSPS) is 20.1. The van der Waals surface area contributed by atoms with Gasteiger partial charge in [-0.3, -0.25) is 0 Å². The van der Waals surface area contributed by atoms with Gasteiger partial charge in [-0.2, -0.15) is 4.31 Å². The summed E-state index contributed by atoms with van der Waals surface area (Å²) in [6.45, 7) is 3.15. The lowest BCUT2D eigenvalue weighted by Crippen LogP contribution is -2.39. The number of nitrogens with zero attached hydrogens (tertiary/aromatic N) is 4. The molecule has 1 aliphatic heterocycles. The van der Waals surface area contributed by atoms with E-state index in [9.17, 15) is 13.5 Å². The van der Waals surface area contributed by atoms with Crippen LogP contribution in [0.1, 0.15) is 19.8 Å². The minimum atomic E-state index is -3.49. The first-order chi connectivity index (χ1) is 10.5. The Morgan fingerprint density at radius 1 is 1.36 bits per heavy atom. The highest BCUT2D eigenvalue weighted by Gasteiger charge is 2.29. The number of hydrogen-bond donors (Lipinski definition) is 0. The second-order valence-corrected chi connectivity index (χ2v) is 7.37. The van der Waals surface area contributed by atoms with Gasteiger partial charge in [0, 0.05) is 25.2 Å². The van der Waals surface area contributed by atoms with E-state index >= 15 is 0 Å². The van der Waals surface area contributed by atoms with Crippen LogP contribution in [0.15, 0.2) is 33.7 Å². The molecule has 0 spiro atoms. The van der Waals surface area contributed by atoms with Gasteiger partial charge in [0.15, 0.2) is 0 Å². The van der Waals surface area contributed by atoms with E-state index in [1.54, 1.807) is 0 Å². The summed E-state index contributed by atoms with van der Waals surface area (Å²) in [5.74, 6) is 0.369. The van der Waals surface area contributed by atoms with Crippen molar-refractivity contribution in [2.45, 2.75) is 24.7 Å². The van der Waals surface area contributed by atoms with Crippen LogP contribution in [0.3, 0.4) is 0 Å². The van der Waals surface area contributed by atoms with E-state index in [-0.39, 0.29) is 4.90 Å². The zero-order valence-corrected chi connectivity index (χ0v) is 12.9. The van der Waals surface area contributed by atoms with Gasteiger partial charge >= 0.3 is 0 Å². The van der Waals surface area contributed by atoms with Crippen molar-refractivity contribution in [2.24, 2.45) is 5.92 Å². The maximum Gasteiger partial charge on any atom is 0.269 e. The van der Waals surface area contributed by atoms with Crippen molar-refractivity contribution in [3.8, 4) is 11.8 Å². The SMILES string of the molecule is CC1CCCN(S(=O)(=O)c2ccc(-[n+]3noc([O-])n3)cc2)C1. The fraction of sp³-hybridized carbons (Fsp3) is 0.462. The molecule has 0 aliphatic carbocycles. The lowest BCUT2D eigenvalue weighted by atomic mass is 10.0. The van der Waals surface area contributed by atoms with Crippen molar-refractivity contribution in [3.05, 3.63) is 24.3 Å². The Morgan fingerprint density at radius 2 is 2.09 bits per heavy atom. The predicted molar refractivity (Wildman–Crippen MR) is 72.4 cm³/mol. The molecule has 0 N–H and O–H groups in total. The largest absolute Gasteiger partial charge is 0.523 e. The van der Waals surface area contributed by atoms with Crippen LogP contribution >= 0.6 is 0 Å². The van der Waals surface area contributed by atoms with Gasteiger partial charge in [0.25, 0.3) is 5.69 Å². The van der Waals surface area contributed by atoms with Crippen molar-refractivity contribution in [3.63, 3.8) is 0 Å². The molecule has 8 nitrogen and oxygen atoms in total. The Hall–Kier alpha value is -2.00. The summed E-state index contributed by atoms with van der Waals surface area (Å²) >= 11 is 0. The molecule has 1 saturated heterocycles. The molecule has 9 heteroatoms. The summed E-state index contributed by atoms with van der Waals surface area (Å²) < 4.78 is 31.1. The number of piperidine rings is 1. The first kappa shape index (κ1) is 14.9. The second kappa shape index (κ2) is 5.65. The molecule has 0 amide bonds. The highest BCUT2D eigenvalue weighted by molar-refractivity contribution is 7.89. The zero-order valence-electron chi connectivity index (χ0n) is 12.0. The molecule has 118 valence electrons. The Balaban J connectivity index is 1.85. The summed E-state index contributed by atoms with van der Waals surface area (Å²) in [6.07, 6.45) is 1.12. The number of sulfonamides is 1. The predicted octanol–water partition coefficient (Wildman–Crippen LogP) is -0.160. The Kier molecular flexibility index (Phi) is 3.83. The molecule has 1 atom stereocenters. The second-order valence-electron chi connectivity index (χ2n) is 5.43. The van der Waals surface area contributed by atoms with Gasteiger partial charge in [-0.15, -0.1) is 0 Å². The molecule has 1 aliphatic rings. The maximum absolute atomic E-state index is 12.6. The molecule has 1 fully saturated rings. The van der Waals surface area contributed by atoms with Gasteiger partial charge < -0.3 is 9.63 Å². The van der Waals surface area contributed by atoms with Gasteiger partial charge in [0.05, 0.1) is 14.8 Å². The van der Waals surface area contributed by atoms with Crippen LogP contribution in [0.2, 0.25) is 0 Å². The molecule has 1 aromatic carbocycles. The first-order valence-electron chi connectivity index (χ1n) is 7.01. The quantitative estimate of drug-likeness (QED) is 0.727. The molecule has 3 rings (SSSR count). The summed E-state index contributed by atoms with van der Waals surface area (Å²) in [6, 6.07) is 6.04. The highest BCUT2D eigenvalue weighted by atomic mass is 32.2. The van der Waals surface area contributed by atoms with Gasteiger partial charge in [-0.25, -0.2) is 8.42 Å². The third-order valence-electron chi connectivity index (χ3n) is 3.70. The third-order valence-corrected chi connectivity index (χ3v) is 5.58. The van der Waals surface area contributed by atoms with E-state index in [0.29, 0.717) is 24.7 Å². The van der Waals surface area contributed by atoms with Crippen LogP contribution in [0.25, 0.3) is 5.69 Å². The molecule has 0 bridgehead atoms. The van der Waals surface area contributed by atoms with Gasteiger partial charge in [0.2, 0.25) is 16.1 Å². The molecule has 2 aromatic rings. The first-order valence-corrected chi connectivity index (χ1v) is 8.45. The van der Waals surface area contributed by atoms with Crippen LogP contribution in [0.5, 0.6) is 6.08 Å². The minimum absolute atomic E-state index is 0.219. The lowest BCUT2D eigenvalue weighted by molar-refractivity contribution is -0.726. The monoisotopic (exact) mass is 324 g/mol. The highest BCUT2D eigenvalue weighted by Crippen LogP contribution is 2.23. The molecule has 0 saturated carbocycles. The zero-order chi connectivity index (χ0) is 15.7. The van der Waals surface area contributed by atoms with E-state index in [0.717, 1.165) is 17.6 Å². The molecule has 1 unspecified atom stereocenters. The Bertz CT molecular complexity index is 757. The summed E-state index contributed by atoms with van der Waals surface area (Å²) in [7, 11) is -3.49. The summed E-state index contributed by atoms with van der Waals surface area (Å²) in [4.78, 5) is 1.23. The van der Waals surface area contributed by atoms with Gasteiger partial charge in [-0.05, 0) is 30.9 Å². The smallest absolute Gasteiger partial charge is 0.269 e. The maximum atomic E-state index is 12.6. The van der Waals surface area contributed by atoms with E-state index in [4.69, 9.17) is 0 Å².